The topological polar surface area (TPSA) is 111 Å². The summed E-state index contributed by atoms with van der Waals surface area (Å²) in [5, 5.41) is 3.12. The van der Waals surface area contributed by atoms with E-state index in [9.17, 15) is 13.2 Å². The van der Waals surface area contributed by atoms with E-state index in [2.05, 4.69) is 15.0 Å². The van der Waals surface area contributed by atoms with Gasteiger partial charge in [-0.3, -0.25) is 9.52 Å². The van der Waals surface area contributed by atoms with Crippen molar-refractivity contribution in [2.75, 3.05) is 24.1 Å². The van der Waals surface area contributed by atoms with Crippen LogP contribution < -0.4 is 14.8 Å². The van der Waals surface area contributed by atoms with Crippen molar-refractivity contribution in [3.8, 4) is 5.75 Å². The Morgan fingerprint density at radius 3 is 2.73 bits per heavy atom. The molecular formula is C20H23N3O5S2. The minimum absolute atomic E-state index is 0.0421. The number of para-hydroxylation sites is 2. The zero-order valence-electron chi connectivity index (χ0n) is 16.8. The number of carbonyl (C=O) groups excluding carboxylic acids is 1. The summed E-state index contributed by atoms with van der Waals surface area (Å²) in [4.78, 5) is 16.2. The molecule has 1 heterocycles. The van der Waals surface area contributed by atoms with Crippen molar-refractivity contribution >= 4 is 44.5 Å². The zero-order valence-corrected chi connectivity index (χ0v) is 18.5. The van der Waals surface area contributed by atoms with Gasteiger partial charge in [0.1, 0.15) is 11.3 Å². The van der Waals surface area contributed by atoms with Crippen molar-refractivity contribution in [1.82, 2.24) is 10.3 Å². The average Bonchev–Trinajstić information content (AvgIpc) is 3.13. The number of nitrogens with zero attached hydrogens (tertiary/aromatic N) is 1. The van der Waals surface area contributed by atoms with E-state index in [0.717, 1.165) is 11.8 Å². The first-order chi connectivity index (χ1) is 14.3. The summed E-state index contributed by atoms with van der Waals surface area (Å²) in [6.45, 7) is 4.64. The molecule has 8 nitrogen and oxygen atoms in total. The molecule has 0 spiro atoms. The Morgan fingerprint density at radius 2 is 2.00 bits per heavy atom. The van der Waals surface area contributed by atoms with Gasteiger partial charge in [0.05, 0.1) is 23.4 Å². The second-order valence-electron chi connectivity index (χ2n) is 6.90. The Hall–Kier alpha value is -2.72. The van der Waals surface area contributed by atoms with Gasteiger partial charge >= 0.3 is 0 Å². The summed E-state index contributed by atoms with van der Waals surface area (Å²) in [7, 11) is -2.38. The van der Waals surface area contributed by atoms with E-state index in [0.29, 0.717) is 40.2 Å². The molecule has 2 N–H and O–H groups in total. The van der Waals surface area contributed by atoms with Crippen LogP contribution in [0.5, 0.6) is 5.75 Å². The molecule has 0 atom stereocenters. The van der Waals surface area contributed by atoms with Crippen LogP contribution in [-0.4, -0.2) is 38.7 Å². The predicted molar refractivity (Wildman–Crippen MR) is 116 cm³/mol. The van der Waals surface area contributed by atoms with Crippen molar-refractivity contribution in [2.24, 2.45) is 5.92 Å². The molecule has 0 bridgehead atoms. The second kappa shape index (κ2) is 9.40. The number of rotatable bonds is 9. The molecule has 0 aliphatic heterocycles. The van der Waals surface area contributed by atoms with E-state index in [4.69, 9.17) is 9.15 Å². The number of aromatic nitrogens is 1. The van der Waals surface area contributed by atoms with Crippen molar-refractivity contribution in [3.05, 3.63) is 42.5 Å². The van der Waals surface area contributed by atoms with Gasteiger partial charge < -0.3 is 14.5 Å². The van der Waals surface area contributed by atoms with Crippen LogP contribution in [0.1, 0.15) is 13.8 Å². The summed E-state index contributed by atoms with van der Waals surface area (Å²) < 4.78 is 38.9. The largest absolute Gasteiger partial charge is 0.495 e. The zero-order chi connectivity index (χ0) is 21.7. The number of sulfonamides is 1. The molecule has 0 radical (unpaired) electrons. The highest BCUT2D eigenvalue weighted by molar-refractivity contribution is 7.99. The Kier molecular flexibility index (Phi) is 6.88. The summed E-state index contributed by atoms with van der Waals surface area (Å²) in [6.07, 6.45) is 0. The number of hydrogen-bond acceptors (Lipinski definition) is 7. The molecule has 1 aromatic heterocycles. The van der Waals surface area contributed by atoms with Crippen LogP contribution >= 0.6 is 11.8 Å². The first-order valence-corrected chi connectivity index (χ1v) is 11.7. The number of carbonyl (C=O) groups is 1. The van der Waals surface area contributed by atoms with Crippen molar-refractivity contribution in [3.63, 3.8) is 0 Å². The molecule has 0 fully saturated rings. The van der Waals surface area contributed by atoms with Gasteiger partial charge in [-0.2, -0.15) is 0 Å². The van der Waals surface area contributed by atoms with E-state index in [1.54, 1.807) is 30.3 Å². The quantitative estimate of drug-likeness (QED) is 0.481. The van der Waals surface area contributed by atoms with Crippen LogP contribution in [0, 0.1) is 5.92 Å². The summed E-state index contributed by atoms with van der Waals surface area (Å²) >= 11 is 1.16. The number of thioether (sulfide) groups is 1. The molecule has 1 amide bonds. The van der Waals surface area contributed by atoms with E-state index in [-0.39, 0.29) is 16.6 Å². The van der Waals surface area contributed by atoms with Crippen LogP contribution in [0.2, 0.25) is 0 Å². The highest BCUT2D eigenvalue weighted by atomic mass is 32.2. The molecule has 0 saturated carbocycles. The van der Waals surface area contributed by atoms with Crippen LogP contribution in [0.25, 0.3) is 11.1 Å². The highest BCUT2D eigenvalue weighted by Gasteiger charge is 2.19. The van der Waals surface area contributed by atoms with Crippen molar-refractivity contribution in [2.45, 2.75) is 24.0 Å². The third-order valence-electron chi connectivity index (χ3n) is 4.04. The van der Waals surface area contributed by atoms with Crippen LogP contribution in [0.3, 0.4) is 0 Å². The van der Waals surface area contributed by atoms with Crippen molar-refractivity contribution in [1.29, 1.82) is 0 Å². The van der Waals surface area contributed by atoms with E-state index >= 15 is 0 Å². The lowest BCUT2D eigenvalue weighted by molar-refractivity contribution is -0.118. The van der Waals surface area contributed by atoms with Gasteiger partial charge in [-0.1, -0.05) is 37.7 Å². The molecule has 2 aromatic carbocycles. The first kappa shape index (κ1) is 22.0. The molecule has 10 heteroatoms. The monoisotopic (exact) mass is 449 g/mol. The third-order valence-corrected chi connectivity index (χ3v) is 6.23. The number of methoxy groups -OCH3 is 1. The molecular weight excluding hydrogens is 426 g/mol. The lowest BCUT2D eigenvalue weighted by atomic mass is 10.2. The van der Waals surface area contributed by atoms with Gasteiger partial charge in [0.25, 0.3) is 15.2 Å². The van der Waals surface area contributed by atoms with Gasteiger partial charge in [0, 0.05) is 6.54 Å². The fourth-order valence-corrected chi connectivity index (χ4v) is 4.30. The number of benzene rings is 2. The lowest BCUT2D eigenvalue weighted by Crippen LogP contribution is -2.28. The molecule has 0 aliphatic carbocycles. The van der Waals surface area contributed by atoms with Gasteiger partial charge in [-0.05, 0) is 36.2 Å². The van der Waals surface area contributed by atoms with Gasteiger partial charge in [0.2, 0.25) is 5.91 Å². The van der Waals surface area contributed by atoms with Crippen LogP contribution in [0.4, 0.5) is 5.69 Å². The Bertz CT molecular complexity index is 1140. The smallest absolute Gasteiger partial charge is 0.262 e. The normalized spacial score (nSPS) is 11.6. The number of amides is 1. The molecule has 0 unspecified atom stereocenters. The number of oxazole rings is 1. The van der Waals surface area contributed by atoms with Crippen LogP contribution in [0.15, 0.2) is 57.0 Å². The molecule has 30 heavy (non-hydrogen) atoms. The SMILES string of the molecule is COc1ccccc1NS(=O)(=O)c1ccc2oc(SCC(=O)NCC(C)C)nc2c1. The third kappa shape index (κ3) is 5.45. The number of fused-ring (bicyclic) bond motifs is 1. The minimum atomic E-state index is -3.85. The Morgan fingerprint density at radius 1 is 1.23 bits per heavy atom. The summed E-state index contributed by atoms with van der Waals surface area (Å²) in [5.74, 6) is 0.839. The Labute approximate surface area is 179 Å². The van der Waals surface area contributed by atoms with Crippen LogP contribution in [-0.2, 0) is 14.8 Å². The molecule has 3 rings (SSSR count). The average molecular weight is 450 g/mol. The molecule has 160 valence electrons. The maximum atomic E-state index is 12.8. The lowest BCUT2D eigenvalue weighted by Gasteiger charge is -2.11. The Balaban J connectivity index is 1.74. The maximum Gasteiger partial charge on any atom is 0.262 e. The number of ether oxygens (including phenoxy) is 1. The van der Waals surface area contributed by atoms with E-state index < -0.39 is 10.0 Å². The summed E-state index contributed by atoms with van der Waals surface area (Å²) in [5.41, 5.74) is 1.17. The first-order valence-electron chi connectivity index (χ1n) is 9.24. The fourth-order valence-electron chi connectivity index (χ4n) is 2.54. The van der Waals surface area contributed by atoms with Crippen molar-refractivity contribution < 1.29 is 22.4 Å². The number of anilines is 1. The standard InChI is InChI=1S/C20H23N3O5S2/c1-13(2)11-21-19(24)12-29-20-22-16-10-14(8-9-18(16)28-20)30(25,26)23-15-6-4-5-7-17(15)27-3/h4-10,13,23H,11-12H2,1-3H3,(H,21,24). The number of nitrogens with one attached hydrogen (secondary N) is 2. The van der Waals surface area contributed by atoms with Gasteiger partial charge in [0.15, 0.2) is 5.58 Å². The fraction of sp³-hybridized carbons (Fsp3) is 0.300. The minimum Gasteiger partial charge on any atom is -0.495 e. The second-order valence-corrected chi connectivity index (χ2v) is 9.51. The molecule has 0 saturated heterocycles. The van der Waals surface area contributed by atoms with Gasteiger partial charge in [-0.15, -0.1) is 0 Å². The maximum absolute atomic E-state index is 12.8. The molecule has 0 aliphatic rings. The van der Waals surface area contributed by atoms with E-state index in [1.807, 2.05) is 13.8 Å². The predicted octanol–water partition coefficient (Wildman–Crippen LogP) is 3.50. The highest BCUT2D eigenvalue weighted by Crippen LogP contribution is 2.29. The van der Waals surface area contributed by atoms with E-state index in [1.165, 1.54) is 19.2 Å². The van der Waals surface area contributed by atoms with Gasteiger partial charge in [-0.25, -0.2) is 13.4 Å². The molecule has 3 aromatic rings. The summed E-state index contributed by atoms with van der Waals surface area (Å²) in [6, 6.07) is 11.2. The number of hydrogen-bond donors (Lipinski definition) is 2.